The van der Waals surface area contributed by atoms with Gasteiger partial charge in [0, 0.05) is 6.04 Å². The second-order valence-electron chi connectivity index (χ2n) is 4.36. The van der Waals surface area contributed by atoms with Gasteiger partial charge in [0.2, 0.25) is 0 Å². The highest BCUT2D eigenvalue weighted by atomic mass is 19.1. The minimum Gasteiger partial charge on any atom is -0.395 e. The Balaban J connectivity index is 2.27. The third-order valence-corrected chi connectivity index (χ3v) is 2.82. The van der Waals surface area contributed by atoms with Crippen LogP contribution < -0.4 is 5.73 Å². The zero-order valence-electron chi connectivity index (χ0n) is 10.0. The van der Waals surface area contributed by atoms with Crippen LogP contribution in [0.4, 0.5) is 4.39 Å². The molecule has 1 unspecified atom stereocenters. The molecule has 3 N–H and O–H groups in total. The standard InChI is InChI=1S/C15H16FNO/c16-14-6-2-5-13(9-14)12-4-1-3-11(7-12)8-15(17)10-18/h1-7,9,15,18H,8,10,17H2. The molecule has 2 rings (SSSR count). The lowest BCUT2D eigenvalue weighted by molar-refractivity contribution is 0.265. The summed E-state index contributed by atoms with van der Waals surface area (Å²) in [5.41, 5.74) is 8.55. The maximum atomic E-state index is 13.2. The molecule has 3 heteroatoms. The highest BCUT2D eigenvalue weighted by molar-refractivity contribution is 5.64. The molecule has 0 fully saturated rings. The van der Waals surface area contributed by atoms with Crippen molar-refractivity contribution in [2.45, 2.75) is 12.5 Å². The van der Waals surface area contributed by atoms with Crippen LogP contribution in [0.15, 0.2) is 48.5 Å². The van der Waals surface area contributed by atoms with Crippen LogP contribution >= 0.6 is 0 Å². The van der Waals surface area contributed by atoms with Crippen LogP contribution in [-0.4, -0.2) is 17.8 Å². The summed E-state index contributed by atoms with van der Waals surface area (Å²) >= 11 is 0. The first-order chi connectivity index (χ1) is 8.69. The number of aliphatic hydroxyl groups is 1. The Kier molecular flexibility index (Phi) is 4.07. The minimum absolute atomic E-state index is 0.0375. The minimum atomic E-state index is -0.257. The highest BCUT2D eigenvalue weighted by Gasteiger charge is 2.04. The summed E-state index contributed by atoms with van der Waals surface area (Å²) in [6.07, 6.45) is 0.611. The quantitative estimate of drug-likeness (QED) is 0.868. The number of nitrogens with two attached hydrogens (primary N) is 1. The van der Waals surface area contributed by atoms with Crippen LogP contribution in [0.5, 0.6) is 0 Å². The van der Waals surface area contributed by atoms with Gasteiger partial charge in [-0.05, 0) is 35.2 Å². The lowest BCUT2D eigenvalue weighted by Crippen LogP contribution is -2.26. The molecule has 0 heterocycles. The zero-order valence-corrected chi connectivity index (χ0v) is 10.0. The Morgan fingerprint density at radius 3 is 2.39 bits per heavy atom. The van der Waals surface area contributed by atoms with Gasteiger partial charge in [0.05, 0.1) is 6.61 Å². The van der Waals surface area contributed by atoms with Gasteiger partial charge in [-0.1, -0.05) is 36.4 Å². The van der Waals surface area contributed by atoms with Gasteiger partial charge >= 0.3 is 0 Å². The SMILES string of the molecule is NC(CO)Cc1cccc(-c2cccc(F)c2)c1. The highest BCUT2D eigenvalue weighted by Crippen LogP contribution is 2.21. The van der Waals surface area contributed by atoms with Gasteiger partial charge in [0.1, 0.15) is 5.82 Å². The monoisotopic (exact) mass is 245 g/mol. The number of halogens is 1. The average Bonchev–Trinajstić information content (AvgIpc) is 2.39. The summed E-state index contributed by atoms with van der Waals surface area (Å²) < 4.78 is 13.2. The first kappa shape index (κ1) is 12.7. The van der Waals surface area contributed by atoms with Crippen molar-refractivity contribution in [3.63, 3.8) is 0 Å². The van der Waals surface area contributed by atoms with Gasteiger partial charge in [-0.25, -0.2) is 4.39 Å². The molecule has 0 saturated heterocycles. The van der Waals surface area contributed by atoms with Crippen molar-refractivity contribution in [3.05, 3.63) is 59.9 Å². The van der Waals surface area contributed by atoms with E-state index in [1.54, 1.807) is 6.07 Å². The molecule has 0 amide bonds. The van der Waals surface area contributed by atoms with Gasteiger partial charge < -0.3 is 10.8 Å². The molecular weight excluding hydrogens is 229 g/mol. The van der Waals surface area contributed by atoms with Gasteiger partial charge in [0.15, 0.2) is 0 Å². The molecule has 2 aromatic rings. The number of rotatable bonds is 4. The Labute approximate surface area is 106 Å². The predicted octanol–water partition coefficient (Wildman–Crippen LogP) is 2.35. The number of aliphatic hydroxyl groups excluding tert-OH is 1. The fraction of sp³-hybridized carbons (Fsp3) is 0.200. The molecule has 0 aliphatic heterocycles. The molecule has 0 aliphatic rings. The molecule has 2 aromatic carbocycles. The lowest BCUT2D eigenvalue weighted by Gasteiger charge is -2.09. The average molecular weight is 245 g/mol. The Bertz CT molecular complexity index is 527. The van der Waals surface area contributed by atoms with E-state index < -0.39 is 0 Å². The number of hydrogen-bond acceptors (Lipinski definition) is 2. The molecule has 18 heavy (non-hydrogen) atoms. The lowest BCUT2D eigenvalue weighted by atomic mass is 10.00. The first-order valence-electron chi connectivity index (χ1n) is 5.90. The van der Waals surface area contributed by atoms with Gasteiger partial charge in [0.25, 0.3) is 0 Å². The number of hydrogen-bond donors (Lipinski definition) is 2. The smallest absolute Gasteiger partial charge is 0.123 e. The zero-order chi connectivity index (χ0) is 13.0. The molecule has 0 bridgehead atoms. The largest absolute Gasteiger partial charge is 0.395 e. The maximum Gasteiger partial charge on any atom is 0.123 e. The number of benzene rings is 2. The van der Waals surface area contributed by atoms with E-state index in [1.165, 1.54) is 12.1 Å². The predicted molar refractivity (Wildman–Crippen MR) is 70.6 cm³/mol. The van der Waals surface area contributed by atoms with E-state index in [0.29, 0.717) is 6.42 Å². The van der Waals surface area contributed by atoms with Crippen LogP contribution in [0, 0.1) is 5.82 Å². The fourth-order valence-corrected chi connectivity index (χ4v) is 1.91. The van der Waals surface area contributed by atoms with E-state index in [0.717, 1.165) is 16.7 Å². The van der Waals surface area contributed by atoms with Crippen LogP contribution in [0.25, 0.3) is 11.1 Å². The molecule has 0 saturated carbocycles. The van der Waals surface area contributed by atoms with Crippen molar-refractivity contribution in [3.8, 4) is 11.1 Å². The van der Waals surface area contributed by atoms with Crippen molar-refractivity contribution in [1.29, 1.82) is 0 Å². The fourth-order valence-electron chi connectivity index (χ4n) is 1.91. The third kappa shape index (κ3) is 3.15. The van der Waals surface area contributed by atoms with E-state index in [1.807, 2.05) is 30.3 Å². The second kappa shape index (κ2) is 5.76. The summed E-state index contributed by atoms with van der Waals surface area (Å²) in [5, 5.41) is 8.94. The van der Waals surface area contributed by atoms with E-state index in [9.17, 15) is 4.39 Å². The van der Waals surface area contributed by atoms with Crippen molar-refractivity contribution < 1.29 is 9.50 Å². The van der Waals surface area contributed by atoms with E-state index >= 15 is 0 Å². The van der Waals surface area contributed by atoms with E-state index in [2.05, 4.69) is 0 Å². The van der Waals surface area contributed by atoms with Crippen LogP contribution in [0.1, 0.15) is 5.56 Å². The molecule has 1 atom stereocenters. The Hall–Kier alpha value is -1.71. The summed E-state index contributed by atoms with van der Waals surface area (Å²) in [7, 11) is 0. The van der Waals surface area contributed by atoms with Crippen molar-refractivity contribution >= 4 is 0 Å². The van der Waals surface area contributed by atoms with Crippen molar-refractivity contribution in [2.24, 2.45) is 5.73 Å². The summed E-state index contributed by atoms with van der Waals surface area (Å²) in [4.78, 5) is 0. The van der Waals surface area contributed by atoms with Gasteiger partial charge in [-0.3, -0.25) is 0 Å². The Morgan fingerprint density at radius 1 is 1.06 bits per heavy atom. The summed E-state index contributed by atoms with van der Waals surface area (Å²) in [6, 6.07) is 14.0. The van der Waals surface area contributed by atoms with Crippen molar-refractivity contribution in [2.75, 3.05) is 6.61 Å². The molecular formula is C15H16FNO. The van der Waals surface area contributed by atoms with E-state index in [-0.39, 0.29) is 18.5 Å². The van der Waals surface area contributed by atoms with Crippen LogP contribution in [0.2, 0.25) is 0 Å². The molecule has 2 nitrogen and oxygen atoms in total. The van der Waals surface area contributed by atoms with E-state index in [4.69, 9.17) is 10.8 Å². The van der Waals surface area contributed by atoms with Crippen LogP contribution in [0.3, 0.4) is 0 Å². The molecule has 0 radical (unpaired) electrons. The topological polar surface area (TPSA) is 46.2 Å². The van der Waals surface area contributed by atoms with Gasteiger partial charge in [-0.2, -0.15) is 0 Å². The molecule has 0 spiro atoms. The normalized spacial score (nSPS) is 12.4. The molecule has 0 aromatic heterocycles. The van der Waals surface area contributed by atoms with Crippen LogP contribution in [-0.2, 0) is 6.42 Å². The third-order valence-electron chi connectivity index (χ3n) is 2.82. The molecule has 0 aliphatic carbocycles. The first-order valence-corrected chi connectivity index (χ1v) is 5.90. The Morgan fingerprint density at radius 2 is 1.72 bits per heavy atom. The van der Waals surface area contributed by atoms with Gasteiger partial charge in [-0.15, -0.1) is 0 Å². The maximum absolute atomic E-state index is 13.2. The summed E-state index contributed by atoms with van der Waals surface area (Å²) in [6.45, 7) is -0.0375. The second-order valence-corrected chi connectivity index (χ2v) is 4.36. The summed E-state index contributed by atoms with van der Waals surface area (Å²) in [5.74, 6) is -0.245. The van der Waals surface area contributed by atoms with Crippen molar-refractivity contribution in [1.82, 2.24) is 0 Å². The molecule has 94 valence electrons.